The molecular weight excluding hydrogens is 422 g/mol. The third kappa shape index (κ3) is 4.63. The topological polar surface area (TPSA) is 21.3 Å². The van der Waals surface area contributed by atoms with E-state index in [1.165, 1.54) is 27.5 Å². The average Bonchev–Trinajstić information content (AvgIpc) is 2.73. The van der Waals surface area contributed by atoms with Crippen molar-refractivity contribution in [1.82, 2.24) is 0 Å². The Bertz CT molecular complexity index is 1140. The fraction of sp³-hybridized carbons (Fsp3) is 0.154. The second-order valence-corrected chi connectivity index (χ2v) is 8.27. The summed E-state index contributed by atoms with van der Waals surface area (Å²) in [5.41, 5.74) is 6.01. The Morgan fingerprint density at radius 2 is 1.66 bits per heavy atom. The van der Waals surface area contributed by atoms with Gasteiger partial charge in [-0.15, -0.1) is 0 Å². The van der Waals surface area contributed by atoms with E-state index in [4.69, 9.17) is 4.74 Å². The van der Waals surface area contributed by atoms with E-state index in [1.807, 2.05) is 12.1 Å². The molecule has 4 aromatic carbocycles. The molecule has 0 aliphatic heterocycles. The molecule has 3 heteroatoms. The summed E-state index contributed by atoms with van der Waals surface area (Å²) in [7, 11) is 0. The molecule has 0 heterocycles. The number of benzene rings is 4. The van der Waals surface area contributed by atoms with Crippen molar-refractivity contribution in [2.75, 3.05) is 5.32 Å². The van der Waals surface area contributed by atoms with Crippen molar-refractivity contribution in [2.45, 2.75) is 27.0 Å². The zero-order chi connectivity index (χ0) is 20.2. The Hall–Kier alpha value is -2.78. The van der Waals surface area contributed by atoms with Gasteiger partial charge in [0.25, 0.3) is 0 Å². The molecule has 2 nitrogen and oxygen atoms in total. The van der Waals surface area contributed by atoms with Gasteiger partial charge in [-0.2, -0.15) is 0 Å². The maximum Gasteiger partial charge on any atom is 0.125 e. The Morgan fingerprint density at radius 3 is 2.45 bits per heavy atom. The van der Waals surface area contributed by atoms with Crippen molar-refractivity contribution in [2.24, 2.45) is 0 Å². The van der Waals surface area contributed by atoms with Crippen molar-refractivity contribution < 1.29 is 4.74 Å². The maximum absolute atomic E-state index is 6.25. The van der Waals surface area contributed by atoms with Crippen molar-refractivity contribution in [3.63, 3.8) is 0 Å². The van der Waals surface area contributed by atoms with Gasteiger partial charge in [0.15, 0.2) is 0 Å². The molecule has 0 aliphatic carbocycles. The SMILES string of the molecule is Cc1ccc(NCc2c(OCc3ccc(Br)cc3)ccc3ccccc23)c(C)c1. The van der Waals surface area contributed by atoms with Gasteiger partial charge in [0.1, 0.15) is 12.4 Å². The third-order valence-corrected chi connectivity index (χ3v) is 5.67. The standard InChI is InChI=1S/C26H24BrNO/c1-18-7-13-25(19(2)15-18)28-16-24-23-6-4-3-5-21(23)10-14-26(24)29-17-20-8-11-22(27)12-9-20/h3-15,28H,16-17H2,1-2H3. The molecule has 4 aromatic rings. The third-order valence-electron chi connectivity index (χ3n) is 5.14. The lowest BCUT2D eigenvalue weighted by molar-refractivity contribution is 0.304. The highest BCUT2D eigenvalue weighted by Crippen LogP contribution is 2.30. The van der Waals surface area contributed by atoms with E-state index in [-0.39, 0.29) is 0 Å². The smallest absolute Gasteiger partial charge is 0.125 e. The zero-order valence-electron chi connectivity index (χ0n) is 16.7. The molecule has 0 aromatic heterocycles. The summed E-state index contributed by atoms with van der Waals surface area (Å²) >= 11 is 3.48. The van der Waals surface area contributed by atoms with Crippen molar-refractivity contribution >= 4 is 32.4 Å². The van der Waals surface area contributed by atoms with Crippen molar-refractivity contribution in [3.8, 4) is 5.75 Å². The lowest BCUT2D eigenvalue weighted by atomic mass is 10.0. The van der Waals surface area contributed by atoms with Crippen LogP contribution in [0.3, 0.4) is 0 Å². The minimum absolute atomic E-state index is 0.544. The first kappa shape index (κ1) is 19.5. The summed E-state index contributed by atoms with van der Waals surface area (Å²) in [6.07, 6.45) is 0. The highest BCUT2D eigenvalue weighted by molar-refractivity contribution is 9.10. The number of hydrogen-bond donors (Lipinski definition) is 1. The molecular formula is C26H24BrNO. The van der Waals surface area contributed by atoms with Gasteiger partial charge >= 0.3 is 0 Å². The highest BCUT2D eigenvalue weighted by atomic mass is 79.9. The molecule has 0 fully saturated rings. The van der Waals surface area contributed by atoms with Crippen LogP contribution in [-0.4, -0.2) is 0 Å². The van der Waals surface area contributed by atoms with Crippen molar-refractivity contribution in [3.05, 3.63) is 106 Å². The van der Waals surface area contributed by atoms with Gasteiger partial charge in [-0.3, -0.25) is 0 Å². The predicted octanol–water partition coefficient (Wildman–Crippen LogP) is 7.41. The van der Waals surface area contributed by atoms with Gasteiger partial charge in [-0.05, 0) is 60.0 Å². The number of rotatable bonds is 6. The first-order valence-electron chi connectivity index (χ1n) is 9.79. The van der Waals surface area contributed by atoms with Crippen LogP contribution in [0, 0.1) is 13.8 Å². The molecule has 0 radical (unpaired) electrons. The minimum Gasteiger partial charge on any atom is -0.489 e. The molecule has 0 bridgehead atoms. The quantitative estimate of drug-likeness (QED) is 0.333. The monoisotopic (exact) mass is 445 g/mol. The number of ether oxygens (including phenoxy) is 1. The summed E-state index contributed by atoms with van der Waals surface area (Å²) in [6.45, 7) is 5.52. The molecule has 0 saturated heterocycles. The van der Waals surface area contributed by atoms with E-state index in [9.17, 15) is 0 Å². The first-order valence-corrected chi connectivity index (χ1v) is 10.6. The Morgan fingerprint density at radius 1 is 0.862 bits per heavy atom. The van der Waals surface area contributed by atoms with E-state index in [1.54, 1.807) is 0 Å². The highest BCUT2D eigenvalue weighted by Gasteiger charge is 2.10. The molecule has 0 atom stereocenters. The van der Waals surface area contributed by atoms with Crippen LogP contribution in [0.1, 0.15) is 22.3 Å². The predicted molar refractivity (Wildman–Crippen MR) is 126 cm³/mol. The van der Waals surface area contributed by atoms with Crippen LogP contribution in [0.2, 0.25) is 0 Å². The number of fused-ring (bicyclic) bond motifs is 1. The van der Waals surface area contributed by atoms with Crippen LogP contribution in [-0.2, 0) is 13.2 Å². The van der Waals surface area contributed by atoms with Gasteiger partial charge in [0.05, 0.1) is 0 Å². The molecule has 0 spiro atoms. The van der Waals surface area contributed by atoms with Gasteiger partial charge in [0, 0.05) is 22.3 Å². The fourth-order valence-electron chi connectivity index (χ4n) is 3.57. The Balaban J connectivity index is 1.62. The van der Waals surface area contributed by atoms with Crippen LogP contribution in [0.25, 0.3) is 10.8 Å². The van der Waals surface area contributed by atoms with Gasteiger partial charge in [-0.1, -0.05) is 76.1 Å². The van der Waals surface area contributed by atoms with E-state index in [2.05, 4.69) is 102 Å². The molecule has 0 aliphatic rings. The normalized spacial score (nSPS) is 10.9. The van der Waals surface area contributed by atoms with Crippen LogP contribution >= 0.6 is 15.9 Å². The van der Waals surface area contributed by atoms with E-state index in [0.717, 1.165) is 21.5 Å². The van der Waals surface area contributed by atoms with Gasteiger partial charge in [0.2, 0.25) is 0 Å². The van der Waals surface area contributed by atoms with Crippen LogP contribution in [0.15, 0.2) is 83.3 Å². The summed E-state index contributed by atoms with van der Waals surface area (Å²) < 4.78 is 7.33. The van der Waals surface area contributed by atoms with Crippen molar-refractivity contribution in [1.29, 1.82) is 0 Å². The molecule has 29 heavy (non-hydrogen) atoms. The first-order chi connectivity index (χ1) is 14.1. The minimum atomic E-state index is 0.544. The lowest BCUT2D eigenvalue weighted by Gasteiger charge is -2.17. The van der Waals surface area contributed by atoms with E-state index in [0.29, 0.717) is 13.2 Å². The van der Waals surface area contributed by atoms with Gasteiger partial charge in [-0.25, -0.2) is 0 Å². The largest absolute Gasteiger partial charge is 0.489 e. The zero-order valence-corrected chi connectivity index (χ0v) is 18.3. The van der Waals surface area contributed by atoms with E-state index < -0.39 is 0 Å². The van der Waals surface area contributed by atoms with Crippen LogP contribution < -0.4 is 10.1 Å². The second kappa shape index (κ2) is 8.71. The molecule has 1 N–H and O–H groups in total. The molecule has 0 amide bonds. The number of aryl methyl sites for hydroxylation is 2. The Kier molecular flexibility index (Phi) is 5.86. The number of hydrogen-bond acceptors (Lipinski definition) is 2. The van der Waals surface area contributed by atoms with E-state index >= 15 is 0 Å². The molecule has 4 rings (SSSR count). The van der Waals surface area contributed by atoms with Gasteiger partial charge < -0.3 is 10.1 Å². The summed E-state index contributed by atoms with van der Waals surface area (Å²) in [5, 5.41) is 6.05. The Labute approximate surface area is 180 Å². The van der Waals surface area contributed by atoms with Crippen LogP contribution in [0.4, 0.5) is 5.69 Å². The molecule has 0 saturated carbocycles. The summed E-state index contributed by atoms with van der Waals surface area (Å²) in [4.78, 5) is 0. The average molecular weight is 446 g/mol. The summed E-state index contributed by atoms with van der Waals surface area (Å²) in [6, 6.07) is 27.4. The molecule has 146 valence electrons. The fourth-order valence-corrected chi connectivity index (χ4v) is 3.84. The summed E-state index contributed by atoms with van der Waals surface area (Å²) in [5.74, 6) is 0.920. The number of nitrogens with one attached hydrogen (secondary N) is 1. The number of anilines is 1. The molecule has 0 unspecified atom stereocenters. The van der Waals surface area contributed by atoms with Crippen LogP contribution in [0.5, 0.6) is 5.75 Å². The maximum atomic E-state index is 6.25. The number of halogens is 1. The lowest BCUT2D eigenvalue weighted by Crippen LogP contribution is -2.05. The second-order valence-electron chi connectivity index (χ2n) is 7.35.